The van der Waals surface area contributed by atoms with Crippen LogP contribution < -0.4 is 0 Å². The fraction of sp³-hybridized carbons (Fsp3) is 0.933. The van der Waals surface area contributed by atoms with Gasteiger partial charge in [0.05, 0.1) is 18.1 Å². The molecule has 0 spiro atoms. The average Bonchev–Trinajstić information content (AvgIpc) is 2.44. The molecule has 1 aliphatic carbocycles. The largest absolute Gasteiger partial charge is 0.466 e. The Morgan fingerprint density at radius 3 is 2.50 bits per heavy atom. The summed E-state index contributed by atoms with van der Waals surface area (Å²) in [6.07, 6.45) is 3.42. The van der Waals surface area contributed by atoms with Crippen molar-refractivity contribution >= 4 is 5.97 Å². The Balaban J connectivity index is 2.42. The summed E-state index contributed by atoms with van der Waals surface area (Å²) in [7, 11) is 0. The summed E-state index contributed by atoms with van der Waals surface area (Å²) in [5.74, 6) is -0.176. The number of carbonyl (C=O) groups is 1. The topological polar surface area (TPSA) is 70.0 Å². The molecule has 0 aromatic carbocycles. The second-order valence-corrected chi connectivity index (χ2v) is 5.70. The lowest BCUT2D eigenvalue weighted by Crippen LogP contribution is -2.46. The predicted molar refractivity (Wildman–Crippen MR) is 77.4 cm³/mol. The second kappa shape index (κ2) is 8.60. The number of rotatable bonds is 8. The molecule has 0 bridgehead atoms. The molecule has 20 heavy (non-hydrogen) atoms. The molecule has 0 radical (unpaired) electrons. The fourth-order valence-corrected chi connectivity index (χ4v) is 2.87. The normalized spacial score (nSPS) is 26.8. The van der Waals surface area contributed by atoms with E-state index in [-0.39, 0.29) is 18.5 Å². The number of aliphatic hydroxyl groups is 2. The van der Waals surface area contributed by atoms with Crippen molar-refractivity contribution in [3.05, 3.63) is 0 Å². The van der Waals surface area contributed by atoms with E-state index in [2.05, 4.69) is 11.8 Å². The molecule has 0 aliphatic heterocycles. The molecule has 0 aromatic heterocycles. The highest BCUT2D eigenvalue weighted by molar-refractivity contribution is 5.72. The maximum atomic E-state index is 11.7. The Labute approximate surface area is 121 Å². The monoisotopic (exact) mass is 287 g/mol. The van der Waals surface area contributed by atoms with Gasteiger partial charge in [0.1, 0.15) is 0 Å². The molecule has 1 aliphatic rings. The number of hydrogen-bond acceptors (Lipinski definition) is 5. The smallest absolute Gasteiger partial charge is 0.308 e. The fourth-order valence-electron chi connectivity index (χ4n) is 2.87. The minimum absolute atomic E-state index is 0.0530. The summed E-state index contributed by atoms with van der Waals surface area (Å²) in [6.45, 7) is 6.77. The molecule has 0 saturated heterocycles. The third kappa shape index (κ3) is 5.38. The molecule has 5 nitrogen and oxygen atoms in total. The van der Waals surface area contributed by atoms with Crippen LogP contribution in [0.3, 0.4) is 0 Å². The summed E-state index contributed by atoms with van der Waals surface area (Å²) in [5, 5.41) is 19.5. The third-order valence-electron chi connectivity index (χ3n) is 4.13. The van der Waals surface area contributed by atoms with E-state index < -0.39 is 5.60 Å². The van der Waals surface area contributed by atoms with E-state index in [0.717, 1.165) is 19.5 Å². The van der Waals surface area contributed by atoms with Gasteiger partial charge in [-0.25, -0.2) is 0 Å². The molecule has 0 amide bonds. The number of likely N-dealkylation sites (N-methyl/N-ethyl adjacent to an activating group) is 1. The van der Waals surface area contributed by atoms with Gasteiger partial charge in [-0.3, -0.25) is 4.79 Å². The quantitative estimate of drug-likeness (QED) is 0.656. The van der Waals surface area contributed by atoms with Gasteiger partial charge in [0.2, 0.25) is 0 Å². The Morgan fingerprint density at radius 1 is 1.35 bits per heavy atom. The van der Waals surface area contributed by atoms with Gasteiger partial charge >= 0.3 is 5.97 Å². The van der Waals surface area contributed by atoms with Crippen LogP contribution in [0.1, 0.15) is 46.0 Å². The molecule has 0 aromatic rings. The van der Waals surface area contributed by atoms with Crippen LogP contribution in [0.5, 0.6) is 0 Å². The van der Waals surface area contributed by atoms with Crippen molar-refractivity contribution in [1.82, 2.24) is 4.90 Å². The maximum absolute atomic E-state index is 11.7. The minimum atomic E-state index is -0.700. The summed E-state index contributed by atoms with van der Waals surface area (Å²) in [5.41, 5.74) is -0.700. The van der Waals surface area contributed by atoms with Crippen LogP contribution in [0, 0.1) is 5.92 Å². The van der Waals surface area contributed by atoms with Gasteiger partial charge in [-0.1, -0.05) is 6.92 Å². The third-order valence-corrected chi connectivity index (χ3v) is 4.13. The molecule has 1 fully saturated rings. The highest BCUT2D eigenvalue weighted by Crippen LogP contribution is 2.33. The molecule has 118 valence electrons. The average molecular weight is 287 g/mol. The standard InChI is InChI=1S/C15H29NO4/c1-3-16(10-5-11-17)12-15(19)8-6-13(7-9-15)14(18)20-4-2/h13,17,19H,3-12H2,1-2H3. The summed E-state index contributed by atoms with van der Waals surface area (Å²) in [6, 6.07) is 0. The van der Waals surface area contributed by atoms with Crippen LogP contribution in [-0.2, 0) is 9.53 Å². The zero-order valence-corrected chi connectivity index (χ0v) is 12.8. The maximum Gasteiger partial charge on any atom is 0.308 e. The lowest BCUT2D eigenvalue weighted by molar-refractivity contribution is -0.151. The van der Waals surface area contributed by atoms with E-state index in [4.69, 9.17) is 9.84 Å². The van der Waals surface area contributed by atoms with E-state index in [0.29, 0.717) is 38.8 Å². The molecule has 1 rings (SSSR count). The molecular weight excluding hydrogens is 258 g/mol. The number of esters is 1. The lowest BCUT2D eigenvalue weighted by Gasteiger charge is -2.38. The van der Waals surface area contributed by atoms with Gasteiger partial charge in [0, 0.05) is 19.7 Å². The molecule has 5 heteroatoms. The van der Waals surface area contributed by atoms with E-state index in [1.165, 1.54) is 0 Å². The molecule has 0 atom stereocenters. The highest BCUT2D eigenvalue weighted by Gasteiger charge is 2.37. The highest BCUT2D eigenvalue weighted by atomic mass is 16.5. The van der Waals surface area contributed by atoms with Gasteiger partial charge in [0.25, 0.3) is 0 Å². The van der Waals surface area contributed by atoms with E-state index in [9.17, 15) is 9.90 Å². The Bertz CT molecular complexity index is 288. The van der Waals surface area contributed by atoms with Crippen LogP contribution in [0.2, 0.25) is 0 Å². The van der Waals surface area contributed by atoms with Crippen molar-refractivity contribution in [2.24, 2.45) is 5.92 Å². The first-order chi connectivity index (χ1) is 9.54. The van der Waals surface area contributed by atoms with Crippen molar-refractivity contribution in [1.29, 1.82) is 0 Å². The number of nitrogens with zero attached hydrogens (tertiary/aromatic N) is 1. The van der Waals surface area contributed by atoms with Crippen molar-refractivity contribution in [2.45, 2.75) is 51.6 Å². The molecule has 1 saturated carbocycles. The molecule has 0 unspecified atom stereocenters. The summed E-state index contributed by atoms with van der Waals surface area (Å²) < 4.78 is 5.05. The van der Waals surface area contributed by atoms with Crippen LogP contribution in [-0.4, -0.2) is 59.5 Å². The van der Waals surface area contributed by atoms with Gasteiger partial charge in [-0.2, -0.15) is 0 Å². The zero-order chi connectivity index (χ0) is 15.0. The van der Waals surface area contributed by atoms with Crippen LogP contribution in [0.25, 0.3) is 0 Å². The molecule has 2 N–H and O–H groups in total. The van der Waals surface area contributed by atoms with E-state index in [1.807, 2.05) is 6.92 Å². The summed E-state index contributed by atoms with van der Waals surface area (Å²) >= 11 is 0. The summed E-state index contributed by atoms with van der Waals surface area (Å²) in [4.78, 5) is 13.9. The van der Waals surface area contributed by atoms with Crippen molar-refractivity contribution in [3.8, 4) is 0 Å². The predicted octanol–water partition coefficient (Wildman–Crippen LogP) is 1.18. The van der Waals surface area contributed by atoms with Crippen LogP contribution in [0.15, 0.2) is 0 Å². The first-order valence-electron chi connectivity index (χ1n) is 7.77. The van der Waals surface area contributed by atoms with Crippen molar-refractivity contribution < 1.29 is 19.7 Å². The van der Waals surface area contributed by atoms with E-state index >= 15 is 0 Å². The first kappa shape index (κ1) is 17.4. The van der Waals surface area contributed by atoms with Crippen molar-refractivity contribution in [2.75, 3.05) is 32.8 Å². The number of aliphatic hydroxyl groups excluding tert-OH is 1. The lowest BCUT2D eigenvalue weighted by atomic mass is 9.78. The second-order valence-electron chi connectivity index (χ2n) is 5.70. The Morgan fingerprint density at radius 2 is 2.00 bits per heavy atom. The van der Waals surface area contributed by atoms with E-state index in [1.54, 1.807) is 0 Å². The number of ether oxygens (including phenoxy) is 1. The van der Waals surface area contributed by atoms with Gasteiger partial charge in [-0.15, -0.1) is 0 Å². The van der Waals surface area contributed by atoms with Crippen molar-refractivity contribution in [3.63, 3.8) is 0 Å². The minimum Gasteiger partial charge on any atom is -0.466 e. The zero-order valence-electron chi connectivity index (χ0n) is 12.8. The van der Waals surface area contributed by atoms with Crippen LogP contribution >= 0.6 is 0 Å². The van der Waals surface area contributed by atoms with Crippen LogP contribution in [0.4, 0.5) is 0 Å². The molecular formula is C15H29NO4. The Hall–Kier alpha value is -0.650. The SMILES string of the molecule is CCOC(=O)C1CCC(O)(CN(CC)CCCO)CC1. The van der Waals surface area contributed by atoms with Gasteiger partial charge < -0.3 is 19.8 Å². The van der Waals surface area contributed by atoms with Gasteiger partial charge in [0.15, 0.2) is 0 Å². The Kier molecular flexibility index (Phi) is 7.48. The first-order valence-corrected chi connectivity index (χ1v) is 7.77. The molecule has 0 heterocycles. The number of hydrogen-bond donors (Lipinski definition) is 2. The van der Waals surface area contributed by atoms with Gasteiger partial charge in [-0.05, 0) is 45.6 Å². The number of carbonyl (C=O) groups excluding carboxylic acids is 1.